The summed E-state index contributed by atoms with van der Waals surface area (Å²) >= 11 is 0. The molecule has 1 fully saturated rings. The van der Waals surface area contributed by atoms with Gasteiger partial charge in [0.15, 0.2) is 0 Å². The average Bonchev–Trinajstić information content (AvgIpc) is 2.66. The number of hydrogen-bond donors (Lipinski definition) is 1. The van der Waals surface area contributed by atoms with Crippen molar-refractivity contribution in [2.75, 3.05) is 44.4 Å². The molecule has 0 aliphatic carbocycles. The number of hydrogen-bond acceptors (Lipinski definition) is 7. The normalized spacial score (nSPS) is 15.6. The molecule has 1 amide bonds. The zero-order valence-electron chi connectivity index (χ0n) is 15.7. The second-order valence-electron chi connectivity index (χ2n) is 6.10. The minimum Gasteiger partial charge on any atom is -0.462 e. The van der Waals surface area contributed by atoms with Gasteiger partial charge in [-0.1, -0.05) is 0 Å². The van der Waals surface area contributed by atoms with Crippen molar-refractivity contribution < 1.29 is 22.7 Å². The van der Waals surface area contributed by atoms with Gasteiger partial charge >= 0.3 is 5.97 Å². The van der Waals surface area contributed by atoms with Crippen molar-refractivity contribution in [1.82, 2.24) is 9.21 Å². The van der Waals surface area contributed by atoms with Gasteiger partial charge in [-0.3, -0.25) is 4.79 Å². The maximum absolute atomic E-state index is 12.3. The maximum atomic E-state index is 12.3. The molecule has 1 saturated heterocycles. The second kappa shape index (κ2) is 9.34. The highest BCUT2D eigenvalue weighted by Crippen LogP contribution is 2.13. The van der Waals surface area contributed by atoms with Crippen molar-refractivity contribution in [3.05, 3.63) is 41.6 Å². The van der Waals surface area contributed by atoms with Crippen molar-refractivity contribution >= 4 is 27.6 Å². The summed E-state index contributed by atoms with van der Waals surface area (Å²) in [5.41, 5.74) is 0.697. The lowest BCUT2D eigenvalue weighted by Crippen LogP contribution is -2.46. The standard InChI is InChI=1S/C18H22N4O5S/c1-3-27-18(24)14-4-6-16(7-5-14)20-17(23)15(12-19)13-21-8-10-22(11-9-21)28(2,25)26/h4-7,13H,3,8-11H2,1-2H3,(H,20,23)/b15-13-. The van der Waals surface area contributed by atoms with E-state index < -0.39 is 21.9 Å². The molecule has 2 rings (SSSR count). The first-order chi connectivity index (χ1) is 13.2. The summed E-state index contributed by atoms with van der Waals surface area (Å²) in [7, 11) is -3.25. The number of nitrogens with zero attached hydrogens (tertiary/aromatic N) is 3. The highest BCUT2D eigenvalue weighted by Gasteiger charge is 2.23. The number of ether oxygens (including phenoxy) is 1. The summed E-state index contributed by atoms with van der Waals surface area (Å²) in [5.74, 6) is -1.04. The third-order valence-corrected chi connectivity index (χ3v) is 5.38. The molecule has 0 unspecified atom stereocenters. The SMILES string of the molecule is CCOC(=O)c1ccc(NC(=O)/C(C#N)=C\N2CCN(S(C)(=O)=O)CC2)cc1. The molecule has 1 aromatic rings. The van der Waals surface area contributed by atoms with Gasteiger partial charge in [0.25, 0.3) is 5.91 Å². The van der Waals surface area contributed by atoms with Crippen LogP contribution >= 0.6 is 0 Å². The van der Waals surface area contributed by atoms with Crippen LogP contribution in [0.5, 0.6) is 0 Å². The summed E-state index contributed by atoms with van der Waals surface area (Å²) in [4.78, 5) is 25.7. The highest BCUT2D eigenvalue weighted by molar-refractivity contribution is 7.88. The number of sulfonamides is 1. The van der Waals surface area contributed by atoms with E-state index in [0.717, 1.165) is 6.26 Å². The van der Waals surface area contributed by atoms with Gasteiger partial charge in [0, 0.05) is 38.1 Å². The first-order valence-electron chi connectivity index (χ1n) is 8.64. The molecule has 0 radical (unpaired) electrons. The molecule has 1 aromatic carbocycles. The van der Waals surface area contributed by atoms with Gasteiger partial charge in [-0.2, -0.15) is 9.57 Å². The molecule has 1 aliphatic rings. The molecule has 28 heavy (non-hydrogen) atoms. The van der Waals surface area contributed by atoms with Gasteiger partial charge in [-0.05, 0) is 31.2 Å². The minimum atomic E-state index is -3.25. The summed E-state index contributed by atoms with van der Waals surface area (Å²) in [5, 5.41) is 11.9. The third kappa shape index (κ3) is 5.80. The molecule has 0 atom stereocenters. The summed E-state index contributed by atoms with van der Waals surface area (Å²) < 4.78 is 29.3. The monoisotopic (exact) mass is 406 g/mol. The van der Waals surface area contributed by atoms with Crippen LogP contribution in [-0.2, 0) is 19.6 Å². The fourth-order valence-electron chi connectivity index (χ4n) is 2.59. The number of nitrogens with one attached hydrogen (secondary N) is 1. The number of carbonyl (C=O) groups excluding carboxylic acids is 2. The van der Waals surface area contributed by atoms with E-state index in [1.54, 1.807) is 24.0 Å². The lowest BCUT2D eigenvalue weighted by Gasteiger charge is -2.32. The number of anilines is 1. The lowest BCUT2D eigenvalue weighted by molar-refractivity contribution is -0.112. The minimum absolute atomic E-state index is 0.0951. The quantitative estimate of drug-likeness (QED) is 0.421. The van der Waals surface area contributed by atoms with Crippen molar-refractivity contribution in [3.63, 3.8) is 0 Å². The second-order valence-corrected chi connectivity index (χ2v) is 8.09. The molecule has 150 valence electrons. The Hall–Kier alpha value is -2.90. The predicted molar refractivity (Wildman–Crippen MR) is 103 cm³/mol. The zero-order valence-corrected chi connectivity index (χ0v) is 16.5. The van der Waals surface area contributed by atoms with E-state index in [1.807, 2.05) is 6.07 Å². The Balaban J connectivity index is 1.99. The van der Waals surface area contributed by atoms with Crippen LogP contribution < -0.4 is 5.32 Å². The van der Waals surface area contributed by atoms with Crippen LogP contribution in [0.4, 0.5) is 5.69 Å². The van der Waals surface area contributed by atoms with Gasteiger partial charge in [0.05, 0.1) is 18.4 Å². The molecular weight excluding hydrogens is 384 g/mol. The fraction of sp³-hybridized carbons (Fsp3) is 0.389. The molecule has 0 bridgehead atoms. The van der Waals surface area contributed by atoms with Gasteiger partial charge in [-0.25, -0.2) is 13.2 Å². The van der Waals surface area contributed by atoms with Crippen molar-refractivity contribution in [2.45, 2.75) is 6.92 Å². The topological polar surface area (TPSA) is 120 Å². The van der Waals surface area contributed by atoms with E-state index in [2.05, 4.69) is 5.32 Å². The third-order valence-electron chi connectivity index (χ3n) is 4.07. The Morgan fingerprint density at radius 1 is 1.21 bits per heavy atom. The van der Waals surface area contributed by atoms with Gasteiger partial charge < -0.3 is 15.0 Å². The molecular formula is C18H22N4O5S. The van der Waals surface area contributed by atoms with E-state index in [1.165, 1.54) is 22.6 Å². The Kier molecular flexibility index (Phi) is 7.14. The molecule has 1 N–H and O–H groups in total. The zero-order chi connectivity index (χ0) is 20.7. The molecule has 1 heterocycles. The van der Waals surface area contributed by atoms with Crippen molar-refractivity contribution in [2.24, 2.45) is 0 Å². The van der Waals surface area contributed by atoms with Crippen LogP contribution in [0.25, 0.3) is 0 Å². The van der Waals surface area contributed by atoms with Gasteiger partial charge in [-0.15, -0.1) is 0 Å². The molecule has 0 aromatic heterocycles. The van der Waals surface area contributed by atoms with E-state index in [4.69, 9.17) is 4.74 Å². The van der Waals surface area contributed by atoms with Crippen LogP contribution in [-0.4, -0.2) is 68.5 Å². The lowest BCUT2D eigenvalue weighted by atomic mass is 10.2. The van der Waals surface area contributed by atoms with Gasteiger partial charge in [0.2, 0.25) is 10.0 Å². The Labute approximate surface area is 164 Å². The molecule has 0 saturated carbocycles. The number of rotatable bonds is 6. The first kappa shape index (κ1) is 21.4. The molecule has 1 aliphatic heterocycles. The smallest absolute Gasteiger partial charge is 0.338 e. The van der Waals surface area contributed by atoms with Crippen LogP contribution in [0.15, 0.2) is 36.0 Å². The summed E-state index contributed by atoms with van der Waals surface area (Å²) in [6, 6.07) is 7.99. The predicted octanol–water partition coefficient (Wildman–Crippen LogP) is 0.786. The van der Waals surface area contributed by atoms with E-state index in [0.29, 0.717) is 37.4 Å². The average molecular weight is 406 g/mol. The Morgan fingerprint density at radius 2 is 1.82 bits per heavy atom. The van der Waals surface area contributed by atoms with Crippen molar-refractivity contribution in [1.29, 1.82) is 5.26 Å². The molecule has 0 spiro atoms. The number of nitriles is 1. The Bertz CT molecular complexity index is 895. The summed E-state index contributed by atoms with van der Waals surface area (Å²) in [6.07, 6.45) is 2.59. The number of piperazine rings is 1. The summed E-state index contributed by atoms with van der Waals surface area (Å²) in [6.45, 7) is 3.35. The van der Waals surface area contributed by atoms with Crippen molar-refractivity contribution in [3.8, 4) is 6.07 Å². The maximum Gasteiger partial charge on any atom is 0.338 e. The van der Waals surface area contributed by atoms with Crippen LogP contribution in [0.2, 0.25) is 0 Å². The van der Waals surface area contributed by atoms with E-state index >= 15 is 0 Å². The number of benzene rings is 1. The number of esters is 1. The van der Waals surface area contributed by atoms with Crippen LogP contribution in [0, 0.1) is 11.3 Å². The van der Waals surface area contributed by atoms with E-state index in [-0.39, 0.29) is 12.2 Å². The molecule has 9 nitrogen and oxygen atoms in total. The van der Waals surface area contributed by atoms with Crippen LogP contribution in [0.3, 0.4) is 0 Å². The van der Waals surface area contributed by atoms with Gasteiger partial charge in [0.1, 0.15) is 11.6 Å². The Morgan fingerprint density at radius 3 is 2.32 bits per heavy atom. The fourth-order valence-corrected chi connectivity index (χ4v) is 3.41. The van der Waals surface area contributed by atoms with Crippen LogP contribution in [0.1, 0.15) is 17.3 Å². The highest BCUT2D eigenvalue weighted by atomic mass is 32.2. The number of carbonyl (C=O) groups is 2. The number of amides is 1. The van der Waals surface area contributed by atoms with E-state index in [9.17, 15) is 23.3 Å². The first-order valence-corrected chi connectivity index (χ1v) is 10.5. The molecule has 10 heteroatoms. The largest absolute Gasteiger partial charge is 0.462 e.